The van der Waals surface area contributed by atoms with Gasteiger partial charge in [-0.1, -0.05) is 206 Å². The molecule has 0 aromatic heterocycles. The number of ether oxygens (including phenoxy) is 2. The molecular weight excluding hydrogens is 817 g/mol. The molecule has 4 atom stereocenters. The molecule has 4 N–H and O–H groups in total. The lowest BCUT2D eigenvalue weighted by Gasteiger charge is -2.27. The Kier molecular flexibility index (Phi) is 53.5. The fourth-order valence-electron chi connectivity index (χ4n) is 8.97. The maximum absolute atomic E-state index is 12.4. The molecule has 0 bridgehead atoms. The van der Waals surface area contributed by atoms with E-state index >= 15 is 0 Å². The summed E-state index contributed by atoms with van der Waals surface area (Å²) in [7, 11) is 8.49. The Morgan fingerprint density at radius 2 is 0.661 bits per heavy atom. The Labute approximate surface area is 399 Å². The van der Waals surface area contributed by atoms with E-state index in [2.05, 4.69) is 42.0 Å². The Bertz CT molecular complexity index is 827. The monoisotopic (exact) mass is 926 g/mol. The van der Waals surface area contributed by atoms with Crippen LogP contribution in [0.25, 0.3) is 0 Å². The van der Waals surface area contributed by atoms with Crippen molar-refractivity contribution in [2.45, 2.75) is 263 Å². The summed E-state index contributed by atoms with van der Waals surface area (Å²) in [4.78, 5) is 16.6. The second-order valence-electron chi connectivity index (χ2n) is 19.3. The van der Waals surface area contributed by atoms with Crippen LogP contribution in [0.3, 0.4) is 0 Å². The summed E-state index contributed by atoms with van der Waals surface area (Å²) < 4.78 is 11.8. The van der Waals surface area contributed by atoms with Gasteiger partial charge in [-0.15, -0.1) is 0 Å². The number of hydrogen-bond acceptors (Lipinski definition) is 5. The van der Waals surface area contributed by atoms with Crippen molar-refractivity contribution in [3.63, 3.8) is 0 Å². The number of aliphatic hydroxyl groups excluding tert-OH is 2. The molecule has 1 amide bonds. The zero-order valence-corrected chi connectivity index (χ0v) is 43.9. The third-order valence-corrected chi connectivity index (χ3v) is 13.2. The van der Waals surface area contributed by atoms with Crippen LogP contribution in [0.15, 0.2) is 0 Å². The van der Waals surface area contributed by atoms with Gasteiger partial charge in [-0.3, -0.25) is 4.79 Å². The molecule has 0 saturated heterocycles. The van der Waals surface area contributed by atoms with Crippen molar-refractivity contribution in [2.24, 2.45) is 0 Å². The topological polar surface area (TPSA) is 88.1 Å². The highest BCUT2D eigenvalue weighted by atomic mass is 35.5. The number of likely N-dealkylation sites (N-methyl/N-ethyl adjacent to an activating group) is 2. The summed E-state index contributed by atoms with van der Waals surface area (Å²) in [5.41, 5.74) is 0. The summed E-state index contributed by atoms with van der Waals surface area (Å²) >= 11 is 0. The molecule has 0 saturated carbocycles. The normalized spacial score (nSPS) is 13.5. The minimum atomic E-state index is -0.520. The summed E-state index contributed by atoms with van der Waals surface area (Å²) in [6, 6.07) is 0.301. The first kappa shape index (κ1) is 66.1. The predicted octanol–water partition coefficient (Wildman–Crippen LogP) is 3.93. The number of nitrogens with zero attached hydrogens (tertiary/aromatic N) is 1. The third kappa shape index (κ3) is 42.4. The van der Waals surface area contributed by atoms with Crippen molar-refractivity contribution < 1.29 is 59.1 Å². The van der Waals surface area contributed by atoms with E-state index in [4.69, 9.17) is 9.47 Å². The van der Waals surface area contributed by atoms with Crippen LogP contribution < -0.4 is 34.6 Å². The SMILES string of the molecule is CCCCCCCCCCCCCCCCCCC(C(O)COCCN(CCOCC(O)C(CCCCCCCCCCCCCCCCCC)[NH+](C)C)C(C)=O)[NH+](C)C.[Cl-].[Cl-]. The number of amides is 1. The molecule has 10 heteroatoms. The van der Waals surface area contributed by atoms with Crippen molar-refractivity contribution in [2.75, 3.05) is 67.7 Å². The van der Waals surface area contributed by atoms with E-state index in [0.717, 1.165) is 25.7 Å². The Morgan fingerprint density at radius 3 is 0.871 bits per heavy atom. The molecule has 0 heterocycles. The van der Waals surface area contributed by atoms with Crippen LogP contribution in [-0.2, 0) is 14.3 Å². The fourth-order valence-corrected chi connectivity index (χ4v) is 8.97. The smallest absolute Gasteiger partial charge is 0.219 e. The van der Waals surface area contributed by atoms with Gasteiger partial charge in [0, 0.05) is 32.9 Å². The first-order valence-electron chi connectivity index (χ1n) is 26.5. The van der Waals surface area contributed by atoms with Crippen LogP contribution >= 0.6 is 0 Å². The average molecular weight is 927 g/mol. The first-order valence-corrected chi connectivity index (χ1v) is 26.5. The second kappa shape index (κ2) is 50.2. The van der Waals surface area contributed by atoms with Gasteiger partial charge in [0.25, 0.3) is 0 Å². The Hall–Kier alpha value is -0.190. The summed E-state index contributed by atoms with van der Waals surface area (Å²) in [5.74, 6) is -0.0125. The molecule has 0 radical (unpaired) electrons. The van der Waals surface area contributed by atoms with Crippen LogP contribution in [0.4, 0.5) is 0 Å². The molecule has 4 unspecified atom stereocenters. The van der Waals surface area contributed by atoms with E-state index in [9.17, 15) is 15.0 Å². The molecule has 0 spiro atoms. The van der Waals surface area contributed by atoms with Gasteiger partial charge < -0.3 is 59.2 Å². The number of carbonyl (C=O) groups is 1. The van der Waals surface area contributed by atoms with E-state index in [1.807, 2.05) is 0 Å². The van der Waals surface area contributed by atoms with Gasteiger partial charge in [0.1, 0.15) is 24.3 Å². The van der Waals surface area contributed by atoms with Gasteiger partial charge in [0.05, 0.1) is 54.6 Å². The Balaban J connectivity index is -0.0000174. The van der Waals surface area contributed by atoms with E-state index in [1.165, 1.54) is 202 Å². The van der Waals surface area contributed by atoms with Crippen LogP contribution in [0.2, 0.25) is 0 Å². The van der Waals surface area contributed by atoms with Gasteiger partial charge >= 0.3 is 0 Å². The summed E-state index contributed by atoms with van der Waals surface area (Å²) in [5, 5.41) is 22.0. The maximum atomic E-state index is 12.4. The number of aliphatic hydroxyl groups is 2. The van der Waals surface area contributed by atoms with E-state index in [0.29, 0.717) is 26.3 Å². The molecule has 0 aromatic rings. The van der Waals surface area contributed by atoms with E-state index in [1.54, 1.807) is 11.8 Å². The van der Waals surface area contributed by atoms with Crippen molar-refractivity contribution in [1.82, 2.24) is 4.90 Å². The average Bonchev–Trinajstić information content (AvgIpc) is 3.21. The molecule has 62 heavy (non-hydrogen) atoms. The van der Waals surface area contributed by atoms with Crippen molar-refractivity contribution in [3.8, 4) is 0 Å². The third-order valence-electron chi connectivity index (χ3n) is 13.2. The minimum Gasteiger partial charge on any atom is -1.00 e. The van der Waals surface area contributed by atoms with Gasteiger partial charge in [-0.25, -0.2) is 0 Å². The van der Waals surface area contributed by atoms with Crippen LogP contribution in [0.1, 0.15) is 239 Å². The minimum absolute atomic E-state index is 0. The number of halogens is 2. The number of carbonyl (C=O) groups excluding carboxylic acids is 1. The number of unbranched alkanes of at least 4 members (excludes halogenated alkanes) is 30. The highest BCUT2D eigenvalue weighted by Crippen LogP contribution is 2.16. The maximum Gasteiger partial charge on any atom is 0.219 e. The fraction of sp³-hybridized carbons (Fsp3) is 0.981. The molecule has 0 fully saturated rings. The summed E-state index contributed by atoms with van der Waals surface area (Å²) in [6.45, 7) is 8.45. The lowest BCUT2D eigenvalue weighted by Crippen LogP contribution is -3.11. The molecule has 376 valence electrons. The molecule has 0 aliphatic heterocycles. The predicted molar refractivity (Wildman–Crippen MR) is 257 cm³/mol. The van der Waals surface area contributed by atoms with E-state index in [-0.39, 0.29) is 56.0 Å². The zero-order valence-electron chi connectivity index (χ0n) is 42.4. The van der Waals surface area contributed by atoms with Gasteiger partial charge in [-0.2, -0.15) is 0 Å². The number of quaternary nitrogens is 2. The van der Waals surface area contributed by atoms with Crippen LogP contribution in [-0.4, -0.2) is 113 Å². The lowest BCUT2D eigenvalue weighted by atomic mass is 10.0. The van der Waals surface area contributed by atoms with Gasteiger partial charge in [-0.05, 0) is 12.8 Å². The summed E-state index contributed by atoms with van der Waals surface area (Å²) in [6.07, 6.45) is 44.7. The lowest BCUT2D eigenvalue weighted by molar-refractivity contribution is -0.890. The van der Waals surface area contributed by atoms with Crippen LogP contribution in [0.5, 0.6) is 0 Å². The van der Waals surface area contributed by atoms with Crippen molar-refractivity contribution >= 4 is 5.91 Å². The number of hydrogen-bond donors (Lipinski definition) is 4. The first-order chi connectivity index (χ1) is 29.1. The quantitative estimate of drug-likeness (QED) is 0.0697. The number of rotatable bonds is 48. The standard InChI is InChI=1S/C52H107N3O5.2ClH/c1-8-10-12-14-16-18-20-22-24-26-28-30-32-34-36-38-40-49(53(4)5)51(57)46-59-44-42-55(48(3)56)43-45-60-47-52(58)50(54(6)7)41-39-37-35-33-31-29-27-25-23-21-19-17-15-13-11-9-2;;/h49-52,57-58H,8-47H2,1-7H3;2*1H. The zero-order chi connectivity index (χ0) is 44.3. The molecular formula is C52H109Cl2N3O5. The molecule has 0 aliphatic rings. The van der Waals surface area contributed by atoms with Gasteiger partial charge in [0.15, 0.2) is 0 Å². The van der Waals surface area contributed by atoms with Gasteiger partial charge in [0.2, 0.25) is 5.91 Å². The number of nitrogens with one attached hydrogen (secondary N) is 2. The van der Waals surface area contributed by atoms with Crippen molar-refractivity contribution in [3.05, 3.63) is 0 Å². The van der Waals surface area contributed by atoms with Crippen LogP contribution in [0, 0.1) is 0 Å². The largest absolute Gasteiger partial charge is 1.00 e. The second-order valence-corrected chi connectivity index (χ2v) is 19.3. The molecule has 0 aliphatic carbocycles. The van der Waals surface area contributed by atoms with Crippen molar-refractivity contribution in [1.29, 1.82) is 0 Å². The molecule has 8 nitrogen and oxygen atoms in total. The highest BCUT2D eigenvalue weighted by molar-refractivity contribution is 5.73. The molecule has 0 rings (SSSR count). The highest BCUT2D eigenvalue weighted by Gasteiger charge is 2.26. The molecule has 0 aromatic carbocycles. The van der Waals surface area contributed by atoms with E-state index < -0.39 is 12.2 Å². The Morgan fingerprint density at radius 1 is 0.435 bits per heavy atom.